The summed E-state index contributed by atoms with van der Waals surface area (Å²) in [5.74, 6) is -5.28. The number of rotatable bonds is 2. The summed E-state index contributed by atoms with van der Waals surface area (Å²) >= 11 is 0.641. The molecule has 1 aromatic heterocycles. The second-order valence-corrected chi connectivity index (χ2v) is 4.63. The van der Waals surface area contributed by atoms with Gasteiger partial charge in [-0.25, -0.2) is 13.2 Å². The number of aromatic nitrogens is 1. The van der Waals surface area contributed by atoms with Gasteiger partial charge in [0.05, 0.1) is 5.69 Å². The van der Waals surface area contributed by atoms with Crippen molar-refractivity contribution < 1.29 is 18.0 Å². The van der Waals surface area contributed by atoms with E-state index < -0.39 is 33.9 Å². The number of carbonyl (C=O) groups is 1. The van der Waals surface area contributed by atoms with Crippen LogP contribution in [0.15, 0.2) is 16.9 Å². The third-order valence-corrected chi connectivity index (χ3v) is 3.30. The summed E-state index contributed by atoms with van der Waals surface area (Å²) in [7, 11) is 0. The maximum Gasteiger partial charge on any atom is 0.305 e. The molecule has 1 heterocycles. The molecular weight excluding hydrogens is 281 g/mol. The zero-order valence-electron chi connectivity index (χ0n) is 9.51. The minimum atomic E-state index is -1.67. The summed E-state index contributed by atoms with van der Waals surface area (Å²) in [5.41, 5.74) is -0.181. The molecule has 1 aromatic carbocycles. The zero-order chi connectivity index (χ0) is 14.2. The van der Waals surface area contributed by atoms with E-state index in [0.717, 1.165) is 6.07 Å². The van der Waals surface area contributed by atoms with Gasteiger partial charge in [-0.05, 0) is 19.1 Å². The first-order valence-electron chi connectivity index (χ1n) is 5.04. The summed E-state index contributed by atoms with van der Waals surface area (Å²) in [6.07, 6.45) is 0. The first-order chi connectivity index (χ1) is 8.90. The molecule has 0 bridgehead atoms. The van der Waals surface area contributed by atoms with E-state index in [1.165, 1.54) is 6.92 Å². The molecule has 4 nitrogen and oxygen atoms in total. The van der Waals surface area contributed by atoms with E-state index in [9.17, 15) is 22.8 Å². The molecule has 0 unspecified atom stereocenters. The number of aryl methyl sites for hydroxylation is 1. The van der Waals surface area contributed by atoms with Gasteiger partial charge in [-0.2, -0.15) is 0 Å². The van der Waals surface area contributed by atoms with Crippen molar-refractivity contribution in [2.24, 2.45) is 0 Å². The minimum Gasteiger partial charge on any atom is -0.319 e. The predicted octanol–water partition coefficient (Wildman–Crippen LogP) is 2.41. The topological polar surface area (TPSA) is 62.0 Å². The monoisotopic (exact) mass is 288 g/mol. The van der Waals surface area contributed by atoms with E-state index >= 15 is 0 Å². The van der Waals surface area contributed by atoms with E-state index in [-0.39, 0.29) is 4.88 Å². The van der Waals surface area contributed by atoms with Crippen LogP contribution in [-0.4, -0.2) is 10.9 Å². The van der Waals surface area contributed by atoms with Gasteiger partial charge in [0.2, 0.25) is 0 Å². The number of aromatic amines is 1. The molecule has 19 heavy (non-hydrogen) atoms. The number of thiazole rings is 1. The molecule has 2 rings (SSSR count). The number of H-pyrrole nitrogens is 1. The SMILES string of the molecule is Cc1[nH]c(=O)sc1C(=O)Nc1ccc(F)c(F)c1F. The molecule has 0 atom stereocenters. The third kappa shape index (κ3) is 2.53. The smallest absolute Gasteiger partial charge is 0.305 e. The van der Waals surface area contributed by atoms with Crippen LogP contribution in [0.25, 0.3) is 0 Å². The van der Waals surface area contributed by atoms with Gasteiger partial charge in [0.1, 0.15) is 4.88 Å². The summed E-state index contributed by atoms with van der Waals surface area (Å²) in [5, 5.41) is 2.08. The summed E-state index contributed by atoms with van der Waals surface area (Å²) in [6, 6.07) is 1.59. The quantitative estimate of drug-likeness (QED) is 0.834. The summed E-state index contributed by atoms with van der Waals surface area (Å²) in [6.45, 7) is 1.49. The fourth-order valence-corrected chi connectivity index (χ4v) is 2.16. The average Bonchev–Trinajstić information content (AvgIpc) is 2.69. The van der Waals surface area contributed by atoms with Gasteiger partial charge in [0, 0.05) is 5.69 Å². The average molecular weight is 288 g/mol. The molecule has 0 aliphatic heterocycles. The Kier molecular flexibility index (Phi) is 3.43. The Balaban J connectivity index is 2.32. The molecule has 8 heteroatoms. The van der Waals surface area contributed by atoms with Crippen LogP contribution >= 0.6 is 11.3 Å². The summed E-state index contributed by atoms with van der Waals surface area (Å²) in [4.78, 5) is 24.8. The second-order valence-electron chi connectivity index (χ2n) is 3.65. The maximum atomic E-state index is 13.3. The Labute approximate surface area is 108 Å². The van der Waals surface area contributed by atoms with Crippen molar-refractivity contribution >= 4 is 22.9 Å². The molecule has 0 saturated heterocycles. The van der Waals surface area contributed by atoms with Crippen LogP contribution in [0, 0.1) is 24.4 Å². The molecule has 1 amide bonds. The number of nitrogens with one attached hydrogen (secondary N) is 2. The Morgan fingerprint density at radius 2 is 1.95 bits per heavy atom. The molecular formula is C11H7F3N2O2S. The van der Waals surface area contributed by atoms with Gasteiger partial charge >= 0.3 is 4.87 Å². The molecule has 2 N–H and O–H groups in total. The lowest BCUT2D eigenvalue weighted by molar-refractivity contribution is 0.102. The largest absolute Gasteiger partial charge is 0.319 e. The summed E-state index contributed by atoms with van der Waals surface area (Å²) < 4.78 is 39.0. The first kappa shape index (κ1) is 13.3. The number of anilines is 1. The Morgan fingerprint density at radius 3 is 2.53 bits per heavy atom. The standard InChI is InChI=1S/C11H7F3N2O2S/c1-4-9(19-11(18)15-4)10(17)16-6-3-2-5(12)7(13)8(6)14/h2-3H,1H3,(H,15,18)(H,16,17). The van der Waals surface area contributed by atoms with Crippen LogP contribution in [0.4, 0.5) is 18.9 Å². The van der Waals surface area contributed by atoms with Crippen LogP contribution in [0.1, 0.15) is 15.4 Å². The number of amides is 1. The van der Waals surface area contributed by atoms with E-state index in [4.69, 9.17) is 0 Å². The van der Waals surface area contributed by atoms with Crippen LogP contribution in [0.3, 0.4) is 0 Å². The van der Waals surface area contributed by atoms with Crippen LogP contribution < -0.4 is 10.2 Å². The molecule has 0 aliphatic carbocycles. The minimum absolute atomic E-state index is 0.0501. The fourth-order valence-electron chi connectivity index (χ4n) is 1.42. The van der Waals surface area contributed by atoms with E-state index in [1.54, 1.807) is 0 Å². The number of halogens is 3. The number of carbonyl (C=O) groups excluding carboxylic acids is 1. The highest BCUT2D eigenvalue weighted by Gasteiger charge is 2.18. The highest BCUT2D eigenvalue weighted by molar-refractivity contribution is 7.11. The van der Waals surface area contributed by atoms with Crippen LogP contribution in [0.2, 0.25) is 0 Å². The molecule has 0 spiro atoms. The lowest BCUT2D eigenvalue weighted by Gasteiger charge is -2.06. The maximum absolute atomic E-state index is 13.3. The van der Waals surface area contributed by atoms with Gasteiger partial charge in [-0.15, -0.1) is 0 Å². The van der Waals surface area contributed by atoms with Crippen LogP contribution in [-0.2, 0) is 0 Å². The number of hydrogen-bond acceptors (Lipinski definition) is 3. The van der Waals surface area contributed by atoms with Crippen molar-refractivity contribution in [2.45, 2.75) is 6.92 Å². The first-order valence-corrected chi connectivity index (χ1v) is 5.86. The van der Waals surface area contributed by atoms with E-state index in [2.05, 4.69) is 10.3 Å². The fraction of sp³-hybridized carbons (Fsp3) is 0.0909. The lowest BCUT2D eigenvalue weighted by Crippen LogP contribution is -2.13. The van der Waals surface area contributed by atoms with Crippen molar-refractivity contribution in [3.63, 3.8) is 0 Å². The van der Waals surface area contributed by atoms with Gasteiger partial charge in [-0.1, -0.05) is 11.3 Å². The van der Waals surface area contributed by atoms with Crippen molar-refractivity contribution in [2.75, 3.05) is 5.32 Å². The molecule has 0 saturated carbocycles. The predicted molar refractivity (Wildman–Crippen MR) is 63.9 cm³/mol. The highest BCUT2D eigenvalue weighted by Crippen LogP contribution is 2.21. The van der Waals surface area contributed by atoms with E-state index in [1.807, 2.05) is 0 Å². The zero-order valence-corrected chi connectivity index (χ0v) is 10.3. The molecule has 100 valence electrons. The van der Waals surface area contributed by atoms with E-state index in [0.29, 0.717) is 23.1 Å². The molecule has 0 aliphatic rings. The number of hydrogen-bond donors (Lipinski definition) is 2. The molecule has 2 aromatic rings. The second kappa shape index (κ2) is 4.88. The highest BCUT2D eigenvalue weighted by atomic mass is 32.1. The number of benzene rings is 1. The Morgan fingerprint density at radius 1 is 1.26 bits per heavy atom. The third-order valence-electron chi connectivity index (χ3n) is 2.31. The van der Waals surface area contributed by atoms with Crippen molar-refractivity contribution in [3.05, 3.63) is 49.8 Å². The van der Waals surface area contributed by atoms with Gasteiger partial charge < -0.3 is 10.3 Å². The molecule has 0 radical (unpaired) electrons. The Hall–Kier alpha value is -2.09. The van der Waals surface area contributed by atoms with Crippen molar-refractivity contribution in [1.82, 2.24) is 4.98 Å². The van der Waals surface area contributed by atoms with Gasteiger partial charge in [-0.3, -0.25) is 9.59 Å². The van der Waals surface area contributed by atoms with Crippen LogP contribution in [0.5, 0.6) is 0 Å². The Bertz CT molecular complexity index is 708. The van der Waals surface area contributed by atoms with Gasteiger partial charge in [0.15, 0.2) is 17.5 Å². The van der Waals surface area contributed by atoms with Crippen molar-refractivity contribution in [3.8, 4) is 0 Å². The normalized spacial score (nSPS) is 10.5. The lowest BCUT2D eigenvalue weighted by atomic mass is 10.2. The van der Waals surface area contributed by atoms with Gasteiger partial charge in [0.25, 0.3) is 5.91 Å². The molecule has 0 fully saturated rings. The van der Waals surface area contributed by atoms with Crippen molar-refractivity contribution in [1.29, 1.82) is 0 Å².